The number of benzene rings is 1. The van der Waals surface area contributed by atoms with Gasteiger partial charge in [0.05, 0.1) is 10.6 Å². The maximum atomic E-state index is 12.6. The minimum absolute atomic E-state index is 0.0701. The molecule has 2 aliphatic heterocycles. The van der Waals surface area contributed by atoms with Crippen LogP contribution in [0.5, 0.6) is 5.75 Å². The molecule has 5 heteroatoms. The molecule has 2 atom stereocenters. The Bertz CT molecular complexity index is 506. The van der Waals surface area contributed by atoms with E-state index >= 15 is 0 Å². The highest BCUT2D eigenvalue weighted by Gasteiger charge is 2.38. The molecule has 19 heavy (non-hydrogen) atoms. The van der Waals surface area contributed by atoms with Crippen molar-refractivity contribution in [1.82, 2.24) is 10.2 Å². The van der Waals surface area contributed by atoms with Gasteiger partial charge in [-0.1, -0.05) is 11.6 Å². The summed E-state index contributed by atoms with van der Waals surface area (Å²) in [5.74, 6) is 0.555. The van der Waals surface area contributed by atoms with Gasteiger partial charge in [0.15, 0.2) is 0 Å². The number of carbonyl (C=O) groups is 1. The molecule has 0 bridgehead atoms. The van der Waals surface area contributed by atoms with Gasteiger partial charge in [0.25, 0.3) is 5.91 Å². The van der Waals surface area contributed by atoms with Gasteiger partial charge in [-0.2, -0.15) is 0 Å². The Kier molecular flexibility index (Phi) is 3.37. The summed E-state index contributed by atoms with van der Waals surface area (Å²) in [7, 11) is 0. The summed E-state index contributed by atoms with van der Waals surface area (Å²) >= 11 is 6.08. The summed E-state index contributed by atoms with van der Waals surface area (Å²) in [6.45, 7) is 2.61. The number of likely N-dealkylation sites (tertiary alicyclic amines) is 1. The molecule has 0 saturated carbocycles. The Balaban J connectivity index is 1.88. The van der Waals surface area contributed by atoms with Crippen LogP contribution in [0.15, 0.2) is 18.2 Å². The number of carbonyl (C=O) groups excluding carboxylic acids is 1. The standard InChI is InChI=1S/C14H17ClN2O2/c15-12-4-3-10(18)6-11(12)14(19)17-5-1-2-9-7-16-8-13(9)17/h3-4,6,9,13,16,18H,1-2,5,7-8H2. The van der Waals surface area contributed by atoms with Crippen LogP contribution in [0.2, 0.25) is 5.02 Å². The molecular formula is C14H17ClN2O2. The highest BCUT2D eigenvalue weighted by molar-refractivity contribution is 6.33. The summed E-state index contributed by atoms with van der Waals surface area (Å²) in [6.07, 6.45) is 2.21. The number of phenols is 1. The molecule has 2 fully saturated rings. The zero-order valence-corrected chi connectivity index (χ0v) is 11.4. The fraction of sp³-hybridized carbons (Fsp3) is 0.500. The third-order valence-corrected chi connectivity index (χ3v) is 4.45. The molecule has 1 amide bonds. The third-order valence-electron chi connectivity index (χ3n) is 4.12. The highest BCUT2D eigenvalue weighted by Crippen LogP contribution is 2.30. The molecule has 1 aromatic carbocycles. The molecule has 2 heterocycles. The SMILES string of the molecule is O=C(c1cc(O)ccc1Cl)N1CCCC2CNCC21. The van der Waals surface area contributed by atoms with Crippen molar-refractivity contribution in [2.24, 2.45) is 5.92 Å². The number of nitrogens with zero attached hydrogens (tertiary/aromatic N) is 1. The Morgan fingerprint density at radius 1 is 1.42 bits per heavy atom. The molecule has 2 aliphatic rings. The van der Waals surface area contributed by atoms with Gasteiger partial charge in [0.2, 0.25) is 0 Å². The first-order valence-corrected chi connectivity index (χ1v) is 7.05. The summed E-state index contributed by atoms with van der Waals surface area (Å²) in [4.78, 5) is 14.5. The number of fused-ring (bicyclic) bond motifs is 1. The first-order valence-electron chi connectivity index (χ1n) is 6.67. The lowest BCUT2D eigenvalue weighted by Crippen LogP contribution is -2.48. The largest absolute Gasteiger partial charge is 0.508 e. The molecule has 2 saturated heterocycles. The van der Waals surface area contributed by atoms with E-state index in [0.717, 1.165) is 26.1 Å². The molecule has 2 N–H and O–H groups in total. The molecule has 0 aromatic heterocycles. The van der Waals surface area contributed by atoms with E-state index in [-0.39, 0.29) is 17.7 Å². The van der Waals surface area contributed by atoms with Crippen LogP contribution in [0.1, 0.15) is 23.2 Å². The predicted molar refractivity (Wildman–Crippen MR) is 73.5 cm³/mol. The summed E-state index contributed by atoms with van der Waals surface area (Å²) < 4.78 is 0. The van der Waals surface area contributed by atoms with Crippen LogP contribution in [0.4, 0.5) is 0 Å². The molecular weight excluding hydrogens is 264 g/mol. The number of rotatable bonds is 1. The van der Waals surface area contributed by atoms with E-state index in [0.29, 0.717) is 16.5 Å². The van der Waals surface area contributed by atoms with Crippen LogP contribution in [-0.2, 0) is 0 Å². The van der Waals surface area contributed by atoms with Crippen molar-refractivity contribution in [3.05, 3.63) is 28.8 Å². The van der Waals surface area contributed by atoms with E-state index in [9.17, 15) is 9.90 Å². The Morgan fingerprint density at radius 2 is 2.26 bits per heavy atom. The van der Waals surface area contributed by atoms with Crippen LogP contribution >= 0.6 is 11.6 Å². The first-order chi connectivity index (χ1) is 9.16. The van der Waals surface area contributed by atoms with Crippen molar-refractivity contribution < 1.29 is 9.90 Å². The van der Waals surface area contributed by atoms with Crippen LogP contribution in [0.3, 0.4) is 0 Å². The third kappa shape index (κ3) is 2.30. The van der Waals surface area contributed by atoms with Gasteiger partial charge in [-0.05, 0) is 37.0 Å². The minimum Gasteiger partial charge on any atom is -0.508 e. The molecule has 0 aliphatic carbocycles. The van der Waals surface area contributed by atoms with Crippen molar-refractivity contribution in [1.29, 1.82) is 0 Å². The van der Waals surface area contributed by atoms with Crippen molar-refractivity contribution in [3.63, 3.8) is 0 Å². The van der Waals surface area contributed by atoms with E-state index in [1.165, 1.54) is 18.6 Å². The highest BCUT2D eigenvalue weighted by atomic mass is 35.5. The average molecular weight is 281 g/mol. The molecule has 3 rings (SSSR count). The molecule has 2 unspecified atom stereocenters. The van der Waals surface area contributed by atoms with Gasteiger partial charge >= 0.3 is 0 Å². The number of nitrogens with one attached hydrogen (secondary N) is 1. The summed E-state index contributed by atoms with van der Waals surface area (Å²) in [5.41, 5.74) is 0.397. The maximum Gasteiger partial charge on any atom is 0.255 e. The van der Waals surface area contributed by atoms with E-state index in [4.69, 9.17) is 11.6 Å². The maximum absolute atomic E-state index is 12.6. The number of amides is 1. The zero-order chi connectivity index (χ0) is 13.4. The number of phenolic OH excluding ortho intramolecular Hbond substituents is 1. The molecule has 102 valence electrons. The quantitative estimate of drug-likeness (QED) is 0.826. The summed E-state index contributed by atoms with van der Waals surface area (Å²) in [6, 6.07) is 4.78. The fourth-order valence-electron chi connectivity index (χ4n) is 3.15. The Morgan fingerprint density at radius 3 is 3.11 bits per heavy atom. The zero-order valence-electron chi connectivity index (χ0n) is 10.6. The minimum atomic E-state index is -0.0701. The lowest BCUT2D eigenvalue weighted by molar-refractivity contribution is 0.0574. The van der Waals surface area contributed by atoms with Crippen molar-refractivity contribution >= 4 is 17.5 Å². The second-order valence-electron chi connectivity index (χ2n) is 5.29. The first kappa shape index (κ1) is 12.8. The van der Waals surface area contributed by atoms with Crippen LogP contribution in [-0.4, -0.2) is 41.6 Å². The normalized spacial score (nSPS) is 26.3. The van der Waals surface area contributed by atoms with Crippen molar-refractivity contribution in [2.45, 2.75) is 18.9 Å². The lowest BCUT2D eigenvalue weighted by Gasteiger charge is -2.37. The molecule has 1 aromatic rings. The molecule has 0 spiro atoms. The second kappa shape index (κ2) is 5.02. The van der Waals surface area contributed by atoms with Gasteiger partial charge in [0.1, 0.15) is 5.75 Å². The average Bonchev–Trinajstić information content (AvgIpc) is 2.89. The topological polar surface area (TPSA) is 52.6 Å². The van der Waals surface area contributed by atoms with Gasteiger partial charge in [-0.15, -0.1) is 0 Å². The van der Waals surface area contributed by atoms with E-state index < -0.39 is 0 Å². The van der Waals surface area contributed by atoms with Gasteiger partial charge < -0.3 is 15.3 Å². The Hall–Kier alpha value is -1.26. The second-order valence-corrected chi connectivity index (χ2v) is 5.70. The Labute approximate surface area is 117 Å². The van der Waals surface area contributed by atoms with Crippen molar-refractivity contribution in [2.75, 3.05) is 19.6 Å². The summed E-state index contributed by atoms with van der Waals surface area (Å²) in [5, 5.41) is 13.3. The van der Waals surface area contributed by atoms with Gasteiger partial charge in [-0.3, -0.25) is 4.79 Å². The number of piperidine rings is 1. The van der Waals surface area contributed by atoms with Crippen LogP contribution in [0, 0.1) is 5.92 Å². The van der Waals surface area contributed by atoms with Crippen LogP contribution in [0.25, 0.3) is 0 Å². The lowest BCUT2D eigenvalue weighted by atomic mass is 9.91. The van der Waals surface area contributed by atoms with Gasteiger partial charge in [0, 0.05) is 25.7 Å². The van der Waals surface area contributed by atoms with Crippen LogP contribution < -0.4 is 5.32 Å². The molecule has 4 nitrogen and oxygen atoms in total. The van der Waals surface area contributed by atoms with E-state index in [1.54, 1.807) is 6.07 Å². The number of aromatic hydroxyl groups is 1. The number of halogens is 1. The fourth-order valence-corrected chi connectivity index (χ4v) is 3.35. The number of hydrogen-bond acceptors (Lipinski definition) is 3. The van der Waals surface area contributed by atoms with E-state index in [1.807, 2.05) is 4.90 Å². The van der Waals surface area contributed by atoms with E-state index in [2.05, 4.69) is 5.32 Å². The van der Waals surface area contributed by atoms with Crippen molar-refractivity contribution in [3.8, 4) is 5.75 Å². The monoisotopic (exact) mass is 280 g/mol. The van der Waals surface area contributed by atoms with Gasteiger partial charge in [-0.25, -0.2) is 0 Å². The smallest absolute Gasteiger partial charge is 0.255 e. The number of hydrogen-bond donors (Lipinski definition) is 2. The predicted octanol–water partition coefficient (Wildman–Crippen LogP) is 1.87. The molecule has 0 radical (unpaired) electrons.